The van der Waals surface area contributed by atoms with Crippen molar-refractivity contribution in [3.05, 3.63) is 0 Å². The van der Waals surface area contributed by atoms with Crippen LogP contribution in [0, 0.1) is 0 Å². The van der Waals surface area contributed by atoms with Gasteiger partial charge in [0.05, 0.1) is 0 Å². The van der Waals surface area contributed by atoms with Crippen LogP contribution >= 0.6 is 0 Å². The predicted octanol–water partition coefficient (Wildman–Crippen LogP) is 0.770. The van der Waals surface area contributed by atoms with E-state index >= 15 is 0 Å². The zero-order valence-corrected chi connectivity index (χ0v) is 14.5. The molecule has 1 aliphatic rings. The fraction of sp³-hybridized carbons (Fsp3) is 0.867. The number of nitrogens with one attached hydrogen (secondary N) is 3. The minimum atomic E-state index is -0.470. The molecule has 0 saturated carbocycles. The standard InChI is InChI=1S/C15H31N5O2/c1-15(2,3)22-14(21)18-9-8-17-13(16-4)19-11-12-7-6-10-20(12)5/h12H,6-11H2,1-5H3,(H,18,21)(H2,16,17,19). The Kier molecular flexibility index (Phi) is 7.44. The summed E-state index contributed by atoms with van der Waals surface area (Å²) in [5.41, 5.74) is -0.470. The summed E-state index contributed by atoms with van der Waals surface area (Å²) in [4.78, 5) is 18.0. The van der Waals surface area contributed by atoms with E-state index in [1.54, 1.807) is 7.05 Å². The maximum absolute atomic E-state index is 11.5. The zero-order chi connectivity index (χ0) is 16.6. The molecule has 1 saturated heterocycles. The van der Waals surface area contributed by atoms with E-state index < -0.39 is 11.7 Å². The number of likely N-dealkylation sites (tertiary alicyclic amines) is 1. The van der Waals surface area contributed by atoms with Crippen LogP contribution in [0.5, 0.6) is 0 Å². The fourth-order valence-electron chi connectivity index (χ4n) is 2.33. The minimum Gasteiger partial charge on any atom is -0.444 e. The number of carbonyl (C=O) groups is 1. The Balaban J connectivity index is 2.15. The molecule has 1 rings (SSSR count). The Bertz CT molecular complexity index is 379. The Labute approximate surface area is 133 Å². The highest BCUT2D eigenvalue weighted by molar-refractivity contribution is 5.79. The lowest BCUT2D eigenvalue weighted by Gasteiger charge is -2.21. The molecule has 0 aromatic heterocycles. The third kappa shape index (κ3) is 7.49. The monoisotopic (exact) mass is 313 g/mol. The molecule has 0 aromatic carbocycles. The number of aliphatic imine (C=N–C) groups is 1. The van der Waals surface area contributed by atoms with Gasteiger partial charge in [0.1, 0.15) is 5.60 Å². The molecule has 3 N–H and O–H groups in total. The predicted molar refractivity (Wildman–Crippen MR) is 89.3 cm³/mol. The van der Waals surface area contributed by atoms with Crippen molar-refractivity contribution in [2.75, 3.05) is 40.3 Å². The summed E-state index contributed by atoms with van der Waals surface area (Å²) in [5.74, 6) is 0.756. The van der Waals surface area contributed by atoms with Crippen LogP contribution in [0.25, 0.3) is 0 Å². The smallest absolute Gasteiger partial charge is 0.407 e. The van der Waals surface area contributed by atoms with Gasteiger partial charge in [-0.3, -0.25) is 4.99 Å². The van der Waals surface area contributed by atoms with Crippen LogP contribution in [0.1, 0.15) is 33.6 Å². The molecule has 7 heteroatoms. The van der Waals surface area contributed by atoms with Crippen LogP contribution in [0.4, 0.5) is 4.79 Å². The van der Waals surface area contributed by atoms with E-state index in [2.05, 4.69) is 32.9 Å². The Morgan fingerprint density at radius 1 is 1.27 bits per heavy atom. The molecule has 0 spiro atoms. The quantitative estimate of drug-likeness (QED) is 0.397. The normalized spacial score (nSPS) is 19.9. The van der Waals surface area contributed by atoms with Gasteiger partial charge < -0.3 is 25.6 Å². The molecule has 1 atom stereocenters. The maximum atomic E-state index is 11.5. The summed E-state index contributed by atoms with van der Waals surface area (Å²) in [5, 5.41) is 9.21. The molecule has 0 aromatic rings. The van der Waals surface area contributed by atoms with Crippen LogP contribution in [0.15, 0.2) is 4.99 Å². The van der Waals surface area contributed by atoms with Crippen molar-refractivity contribution in [1.82, 2.24) is 20.9 Å². The number of rotatable bonds is 5. The molecular formula is C15H31N5O2. The van der Waals surface area contributed by atoms with Crippen LogP contribution in [0.2, 0.25) is 0 Å². The SMILES string of the molecule is CN=C(NCCNC(=O)OC(C)(C)C)NCC1CCCN1C. The fourth-order valence-corrected chi connectivity index (χ4v) is 2.33. The van der Waals surface area contributed by atoms with Gasteiger partial charge in [-0.15, -0.1) is 0 Å². The van der Waals surface area contributed by atoms with E-state index in [4.69, 9.17) is 4.74 Å². The molecule has 128 valence electrons. The van der Waals surface area contributed by atoms with Crippen molar-refractivity contribution in [1.29, 1.82) is 0 Å². The largest absolute Gasteiger partial charge is 0.444 e. The topological polar surface area (TPSA) is 78.0 Å². The number of carbonyl (C=O) groups excluding carboxylic acids is 1. The van der Waals surface area contributed by atoms with Gasteiger partial charge in [-0.25, -0.2) is 4.79 Å². The third-order valence-electron chi connectivity index (χ3n) is 3.49. The van der Waals surface area contributed by atoms with Crippen LogP contribution < -0.4 is 16.0 Å². The molecule has 1 amide bonds. The van der Waals surface area contributed by atoms with Crippen LogP contribution in [-0.4, -0.2) is 68.9 Å². The van der Waals surface area contributed by atoms with E-state index in [1.165, 1.54) is 12.8 Å². The van der Waals surface area contributed by atoms with Crippen molar-refractivity contribution in [3.63, 3.8) is 0 Å². The maximum Gasteiger partial charge on any atom is 0.407 e. The minimum absolute atomic E-state index is 0.398. The van der Waals surface area contributed by atoms with Gasteiger partial charge in [-0.1, -0.05) is 0 Å². The lowest BCUT2D eigenvalue weighted by molar-refractivity contribution is 0.0529. The molecule has 0 aliphatic carbocycles. The number of nitrogens with zero attached hydrogens (tertiary/aromatic N) is 2. The number of amides is 1. The van der Waals surface area contributed by atoms with Crippen molar-refractivity contribution >= 4 is 12.1 Å². The number of alkyl carbamates (subject to hydrolysis) is 1. The molecule has 1 fully saturated rings. The Morgan fingerprint density at radius 3 is 2.50 bits per heavy atom. The second-order valence-electron chi connectivity index (χ2n) is 6.59. The van der Waals surface area contributed by atoms with Crippen molar-refractivity contribution in [2.45, 2.75) is 45.3 Å². The number of guanidine groups is 1. The van der Waals surface area contributed by atoms with Crippen LogP contribution in [0.3, 0.4) is 0 Å². The molecule has 22 heavy (non-hydrogen) atoms. The van der Waals surface area contributed by atoms with Gasteiger partial charge in [0.15, 0.2) is 5.96 Å². The lowest BCUT2D eigenvalue weighted by atomic mass is 10.2. The first-order valence-electron chi connectivity index (χ1n) is 7.93. The highest BCUT2D eigenvalue weighted by atomic mass is 16.6. The van der Waals surface area contributed by atoms with E-state index in [9.17, 15) is 4.79 Å². The Hall–Kier alpha value is -1.50. The van der Waals surface area contributed by atoms with E-state index in [-0.39, 0.29) is 0 Å². The van der Waals surface area contributed by atoms with Gasteiger partial charge >= 0.3 is 6.09 Å². The summed E-state index contributed by atoms with van der Waals surface area (Å²) < 4.78 is 5.17. The van der Waals surface area contributed by atoms with E-state index in [1.807, 2.05) is 20.8 Å². The number of hydrogen-bond acceptors (Lipinski definition) is 4. The van der Waals surface area contributed by atoms with Crippen LogP contribution in [-0.2, 0) is 4.74 Å². The summed E-state index contributed by atoms with van der Waals surface area (Å²) in [6.07, 6.45) is 2.08. The van der Waals surface area contributed by atoms with E-state index in [0.717, 1.165) is 19.0 Å². The summed E-state index contributed by atoms with van der Waals surface area (Å²) in [7, 11) is 3.90. The highest BCUT2D eigenvalue weighted by Crippen LogP contribution is 2.13. The third-order valence-corrected chi connectivity index (χ3v) is 3.49. The highest BCUT2D eigenvalue weighted by Gasteiger charge is 2.20. The molecule has 1 heterocycles. The second-order valence-corrected chi connectivity index (χ2v) is 6.59. The molecular weight excluding hydrogens is 282 g/mol. The van der Waals surface area contributed by atoms with Gasteiger partial charge in [-0.2, -0.15) is 0 Å². The second kappa shape index (κ2) is 8.82. The molecule has 0 radical (unpaired) electrons. The first kappa shape index (κ1) is 18.5. The summed E-state index contributed by atoms with van der Waals surface area (Å²) >= 11 is 0. The molecule has 1 unspecified atom stereocenters. The first-order chi connectivity index (χ1) is 10.3. The molecule has 0 bridgehead atoms. The van der Waals surface area contributed by atoms with Gasteiger partial charge in [-0.05, 0) is 47.2 Å². The number of ether oxygens (including phenoxy) is 1. The van der Waals surface area contributed by atoms with Gasteiger partial charge in [0, 0.05) is 32.7 Å². The van der Waals surface area contributed by atoms with Crippen molar-refractivity contribution < 1.29 is 9.53 Å². The van der Waals surface area contributed by atoms with Gasteiger partial charge in [0.25, 0.3) is 0 Å². The van der Waals surface area contributed by atoms with Crippen molar-refractivity contribution in [3.8, 4) is 0 Å². The summed E-state index contributed by atoms with van der Waals surface area (Å²) in [6.45, 7) is 8.66. The number of likely N-dealkylation sites (N-methyl/N-ethyl adjacent to an activating group) is 1. The molecule has 1 aliphatic heterocycles. The first-order valence-corrected chi connectivity index (χ1v) is 7.93. The Morgan fingerprint density at radius 2 is 1.95 bits per heavy atom. The summed E-state index contributed by atoms with van der Waals surface area (Å²) in [6, 6.07) is 0.568. The molecule has 7 nitrogen and oxygen atoms in total. The van der Waals surface area contributed by atoms with E-state index in [0.29, 0.717) is 19.1 Å². The average Bonchev–Trinajstić information content (AvgIpc) is 2.81. The average molecular weight is 313 g/mol. The number of hydrogen-bond donors (Lipinski definition) is 3. The van der Waals surface area contributed by atoms with Crippen molar-refractivity contribution in [2.24, 2.45) is 4.99 Å². The van der Waals surface area contributed by atoms with Gasteiger partial charge in [0.2, 0.25) is 0 Å². The lowest BCUT2D eigenvalue weighted by Crippen LogP contribution is -2.46. The zero-order valence-electron chi connectivity index (χ0n) is 14.5.